The second-order valence-corrected chi connectivity index (χ2v) is 6.08. The summed E-state index contributed by atoms with van der Waals surface area (Å²) in [5, 5.41) is 14.0. The van der Waals surface area contributed by atoms with Crippen LogP contribution >= 0.6 is 11.6 Å². The van der Waals surface area contributed by atoms with Crippen molar-refractivity contribution in [3.8, 4) is 11.6 Å². The summed E-state index contributed by atoms with van der Waals surface area (Å²) in [4.78, 5) is 0. The topological polar surface area (TPSA) is 30.1 Å². The van der Waals surface area contributed by atoms with Gasteiger partial charge in [-0.15, -0.1) is 0 Å². The standard InChI is InChI=1S/C18H15ClN2O/c1-11-7-13-8-15(5-6-17(13)20(11)2)21-10-12-3-4-14(19)9-16(12)18(21)22/h3-10,22H,1-2H3. The molecule has 2 aromatic heterocycles. The van der Waals surface area contributed by atoms with Gasteiger partial charge in [0.1, 0.15) is 0 Å². The van der Waals surface area contributed by atoms with Gasteiger partial charge in [0.05, 0.1) is 0 Å². The lowest BCUT2D eigenvalue weighted by atomic mass is 10.2. The number of rotatable bonds is 1. The van der Waals surface area contributed by atoms with E-state index in [4.69, 9.17) is 11.6 Å². The summed E-state index contributed by atoms with van der Waals surface area (Å²) in [6.07, 6.45) is 1.93. The van der Waals surface area contributed by atoms with Crippen LogP contribution in [0.4, 0.5) is 0 Å². The molecule has 0 fully saturated rings. The Bertz CT molecular complexity index is 1030. The largest absolute Gasteiger partial charge is 0.494 e. The zero-order valence-corrected chi connectivity index (χ0v) is 13.1. The van der Waals surface area contributed by atoms with Crippen LogP contribution in [0.25, 0.3) is 27.4 Å². The van der Waals surface area contributed by atoms with E-state index < -0.39 is 0 Å². The van der Waals surface area contributed by atoms with Crippen LogP contribution in [0.2, 0.25) is 5.02 Å². The van der Waals surface area contributed by atoms with Gasteiger partial charge < -0.3 is 9.67 Å². The van der Waals surface area contributed by atoms with Crippen LogP contribution in [0.5, 0.6) is 5.88 Å². The number of aryl methyl sites for hydroxylation is 2. The van der Waals surface area contributed by atoms with Gasteiger partial charge in [0.15, 0.2) is 0 Å². The molecule has 0 spiro atoms. The fourth-order valence-electron chi connectivity index (χ4n) is 2.99. The minimum absolute atomic E-state index is 0.213. The third kappa shape index (κ3) is 1.82. The van der Waals surface area contributed by atoms with Gasteiger partial charge in [-0.1, -0.05) is 17.7 Å². The maximum Gasteiger partial charge on any atom is 0.203 e. The molecule has 4 aromatic rings. The molecule has 0 amide bonds. The lowest BCUT2D eigenvalue weighted by Crippen LogP contribution is -1.92. The van der Waals surface area contributed by atoms with Crippen LogP contribution < -0.4 is 0 Å². The summed E-state index contributed by atoms with van der Waals surface area (Å²) in [6, 6.07) is 13.9. The summed E-state index contributed by atoms with van der Waals surface area (Å²) >= 11 is 6.02. The lowest BCUT2D eigenvalue weighted by molar-refractivity contribution is 0.448. The normalized spacial score (nSPS) is 11.6. The lowest BCUT2D eigenvalue weighted by Gasteiger charge is -2.06. The molecule has 0 unspecified atom stereocenters. The third-order valence-corrected chi connectivity index (χ3v) is 4.53. The molecule has 3 nitrogen and oxygen atoms in total. The monoisotopic (exact) mass is 310 g/mol. The van der Waals surface area contributed by atoms with Gasteiger partial charge in [-0.05, 0) is 43.3 Å². The SMILES string of the molecule is Cc1cc2cc(-n3cc4ccc(Cl)cc4c3O)ccc2n1C. The molecule has 0 radical (unpaired) electrons. The molecular weight excluding hydrogens is 296 g/mol. The number of hydrogen-bond donors (Lipinski definition) is 1. The molecule has 22 heavy (non-hydrogen) atoms. The number of halogens is 1. The molecule has 110 valence electrons. The summed E-state index contributed by atoms with van der Waals surface area (Å²) in [5.41, 5.74) is 3.32. The van der Waals surface area contributed by atoms with Crippen LogP contribution in [0.15, 0.2) is 48.7 Å². The summed E-state index contributed by atoms with van der Waals surface area (Å²) in [6.45, 7) is 2.09. The van der Waals surface area contributed by atoms with Crippen molar-refractivity contribution < 1.29 is 5.11 Å². The highest BCUT2D eigenvalue weighted by Gasteiger charge is 2.11. The molecule has 0 atom stereocenters. The van der Waals surface area contributed by atoms with E-state index in [0.29, 0.717) is 5.02 Å². The van der Waals surface area contributed by atoms with E-state index in [-0.39, 0.29) is 5.88 Å². The Hall–Kier alpha value is -2.39. The van der Waals surface area contributed by atoms with Crippen LogP contribution in [-0.2, 0) is 7.05 Å². The van der Waals surface area contributed by atoms with Gasteiger partial charge in [-0.2, -0.15) is 0 Å². The molecule has 4 heteroatoms. The highest BCUT2D eigenvalue weighted by atomic mass is 35.5. The first-order chi connectivity index (χ1) is 10.5. The Labute approximate surface area is 133 Å². The van der Waals surface area contributed by atoms with Gasteiger partial charge in [-0.3, -0.25) is 4.57 Å². The first-order valence-corrected chi connectivity index (χ1v) is 7.48. The smallest absolute Gasteiger partial charge is 0.203 e. The first-order valence-electron chi connectivity index (χ1n) is 7.10. The molecule has 0 saturated heterocycles. The number of aromatic hydroxyl groups is 1. The Balaban J connectivity index is 1.96. The van der Waals surface area contributed by atoms with Gasteiger partial charge in [0.2, 0.25) is 5.88 Å². The summed E-state index contributed by atoms with van der Waals surface area (Å²) in [5.74, 6) is 0.213. The fraction of sp³-hybridized carbons (Fsp3) is 0.111. The van der Waals surface area contributed by atoms with Crippen molar-refractivity contribution in [2.75, 3.05) is 0 Å². The van der Waals surface area contributed by atoms with Crippen LogP contribution in [-0.4, -0.2) is 14.2 Å². The van der Waals surface area contributed by atoms with E-state index >= 15 is 0 Å². The van der Waals surface area contributed by atoms with Crippen LogP contribution in [0.3, 0.4) is 0 Å². The molecule has 0 aliphatic carbocycles. The second kappa shape index (κ2) is 4.55. The van der Waals surface area contributed by atoms with Gasteiger partial charge >= 0.3 is 0 Å². The maximum absolute atomic E-state index is 10.5. The van der Waals surface area contributed by atoms with Gasteiger partial charge in [0, 0.05) is 51.3 Å². The quantitative estimate of drug-likeness (QED) is 0.538. The number of fused-ring (bicyclic) bond motifs is 2. The summed E-state index contributed by atoms with van der Waals surface area (Å²) < 4.78 is 3.95. The number of nitrogens with zero attached hydrogens (tertiary/aromatic N) is 2. The number of aromatic nitrogens is 2. The Kier molecular flexibility index (Phi) is 2.75. The predicted octanol–water partition coefficient (Wildman–Crippen LogP) is 4.79. The Morgan fingerprint density at radius 3 is 2.64 bits per heavy atom. The minimum Gasteiger partial charge on any atom is -0.494 e. The molecule has 4 rings (SSSR count). The Morgan fingerprint density at radius 2 is 1.82 bits per heavy atom. The van der Waals surface area contributed by atoms with E-state index in [2.05, 4.69) is 36.7 Å². The van der Waals surface area contributed by atoms with Crippen molar-refractivity contribution in [3.63, 3.8) is 0 Å². The molecule has 2 aromatic carbocycles. The molecule has 1 N–H and O–H groups in total. The van der Waals surface area contributed by atoms with E-state index in [1.807, 2.05) is 24.4 Å². The molecule has 2 heterocycles. The third-order valence-electron chi connectivity index (χ3n) is 4.30. The van der Waals surface area contributed by atoms with Crippen molar-refractivity contribution in [1.29, 1.82) is 0 Å². The van der Waals surface area contributed by atoms with E-state index in [9.17, 15) is 5.11 Å². The molecule has 0 saturated carbocycles. The summed E-state index contributed by atoms with van der Waals surface area (Å²) in [7, 11) is 2.06. The van der Waals surface area contributed by atoms with Crippen LogP contribution in [0, 0.1) is 6.92 Å². The first kappa shape index (κ1) is 13.3. The van der Waals surface area contributed by atoms with Gasteiger partial charge in [-0.25, -0.2) is 0 Å². The average molecular weight is 311 g/mol. The highest BCUT2D eigenvalue weighted by molar-refractivity contribution is 6.31. The molecule has 0 bridgehead atoms. The van der Waals surface area contributed by atoms with Crippen molar-refractivity contribution >= 4 is 33.3 Å². The zero-order valence-electron chi connectivity index (χ0n) is 12.3. The second-order valence-electron chi connectivity index (χ2n) is 5.64. The predicted molar refractivity (Wildman–Crippen MR) is 91.2 cm³/mol. The van der Waals surface area contributed by atoms with Crippen molar-refractivity contribution in [3.05, 3.63) is 59.4 Å². The molecule has 0 aliphatic rings. The Morgan fingerprint density at radius 1 is 1.00 bits per heavy atom. The van der Waals surface area contributed by atoms with Crippen molar-refractivity contribution in [2.24, 2.45) is 7.05 Å². The molecular formula is C18H15ClN2O. The van der Waals surface area contributed by atoms with E-state index in [1.165, 1.54) is 11.2 Å². The van der Waals surface area contributed by atoms with Crippen molar-refractivity contribution in [2.45, 2.75) is 6.92 Å². The highest BCUT2D eigenvalue weighted by Crippen LogP contribution is 2.33. The van der Waals surface area contributed by atoms with Crippen LogP contribution in [0.1, 0.15) is 5.69 Å². The zero-order chi connectivity index (χ0) is 15.4. The number of hydrogen-bond acceptors (Lipinski definition) is 1. The van der Waals surface area contributed by atoms with Crippen molar-refractivity contribution in [1.82, 2.24) is 9.13 Å². The number of benzene rings is 2. The maximum atomic E-state index is 10.5. The average Bonchev–Trinajstić information content (AvgIpc) is 2.97. The van der Waals surface area contributed by atoms with E-state index in [1.54, 1.807) is 10.6 Å². The molecule has 0 aliphatic heterocycles. The van der Waals surface area contributed by atoms with E-state index in [0.717, 1.165) is 21.8 Å². The fourth-order valence-corrected chi connectivity index (χ4v) is 3.16. The van der Waals surface area contributed by atoms with Gasteiger partial charge in [0.25, 0.3) is 0 Å². The minimum atomic E-state index is 0.213.